The monoisotopic (exact) mass is 323 g/mol. The number of nitrogens with zero attached hydrogens (tertiary/aromatic N) is 2. The van der Waals surface area contributed by atoms with E-state index in [9.17, 15) is 4.79 Å². The first-order valence-corrected chi connectivity index (χ1v) is 8.09. The van der Waals surface area contributed by atoms with Gasteiger partial charge in [-0.05, 0) is 30.2 Å². The second-order valence-electron chi connectivity index (χ2n) is 5.99. The normalized spacial score (nSPS) is 18.1. The minimum absolute atomic E-state index is 0.413. The lowest BCUT2D eigenvalue weighted by atomic mass is 10.2. The van der Waals surface area contributed by atoms with Crippen molar-refractivity contribution < 1.29 is 9.90 Å². The minimum atomic E-state index is -0.969. The highest BCUT2D eigenvalue weighted by Crippen LogP contribution is 2.18. The zero-order chi connectivity index (χ0) is 16.8. The lowest BCUT2D eigenvalue weighted by Gasteiger charge is -2.17. The molecule has 1 aliphatic heterocycles. The Labute approximate surface area is 141 Å². The molecule has 24 heavy (non-hydrogen) atoms. The first-order valence-electron chi connectivity index (χ1n) is 8.09. The molecule has 2 aromatic rings. The summed E-state index contributed by atoms with van der Waals surface area (Å²) in [6.45, 7) is 3.07. The van der Waals surface area contributed by atoms with Crippen LogP contribution < -0.4 is 5.32 Å². The molecule has 1 aliphatic rings. The van der Waals surface area contributed by atoms with E-state index in [0.29, 0.717) is 11.7 Å². The van der Waals surface area contributed by atoms with Crippen molar-refractivity contribution in [3.63, 3.8) is 0 Å². The number of rotatable bonds is 6. The number of aliphatic carboxylic acids is 1. The molecule has 3 rings (SSSR count). The lowest BCUT2D eigenvalue weighted by Crippen LogP contribution is -2.26. The largest absolute Gasteiger partial charge is 0.478 e. The molecule has 0 radical (unpaired) electrons. The summed E-state index contributed by atoms with van der Waals surface area (Å²) < 4.78 is 0. The van der Waals surface area contributed by atoms with Crippen LogP contribution in [-0.4, -0.2) is 40.1 Å². The second kappa shape index (κ2) is 7.75. The van der Waals surface area contributed by atoms with E-state index >= 15 is 0 Å². The van der Waals surface area contributed by atoms with Crippen LogP contribution in [0, 0.1) is 0 Å². The second-order valence-corrected chi connectivity index (χ2v) is 5.99. The number of anilines is 1. The maximum atomic E-state index is 10.5. The number of carboxylic acid groups (broad SMARTS) is 1. The van der Waals surface area contributed by atoms with Gasteiger partial charge < -0.3 is 10.4 Å². The highest BCUT2D eigenvalue weighted by molar-refractivity contribution is 5.84. The Morgan fingerprint density at radius 1 is 1.29 bits per heavy atom. The number of likely N-dealkylation sites (tertiary alicyclic amines) is 1. The van der Waals surface area contributed by atoms with Gasteiger partial charge in [-0.25, -0.2) is 4.79 Å². The molecule has 0 unspecified atom stereocenters. The number of carbonyl (C=O) groups is 1. The molecule has 1 fully saturated rings. The molecule has 2 N–H and O–H groups in total. The number of nitrogens with one attached hydrogen (secondary N) is 1. The predicted molar refractivity (Wildman–Crippen MR) is 94.7 cm³/mol. The van der Waals surface area contributed by atoms with Crippen molar-refractivity contribution in [2.45, 2.75) is 19.0 Å². The van der Waals surface area contributed by atoms with Crippen molar-refractivity contribution in [3.8, 4) is 0 Å². The maximum Gasteiger partial charge on any atom is 0.328 e. The topological polar surface area (TPSA) is 65.5 Å². The fraction of sp³-hybridized carbons (Fsp3) is 0.263. The summed E-state index contributed by atoms with van der Waals surface area (Å²) in [5.41, 5.74) is 2.95. The van der Waals surface area contributed by atoms with E-state index in [1.165, 1.54) is 11.6 Å². The number of hydrogen-bond acceptors (Lipinski definition) is 4. The third-order valence-corrected chi connectivity index (χ3v) is 4.08. The molecule has 124 valence electrons. The van der Waals surface area contributed by atoms with Crippen LogP contribution in [0.4, 0.5) is 5.69 Å². The van der Waals surface area contributed by atoms with E-state index in [1.54, 1.807) is 6.20 Å². The Morgan fingerprint density at radius 2 is 2.12 bits per heavy atom. The number of pyridine rings is 1. The lowest BCUT2D eigenvalue weighted by molar-refractivity contribution is -0.131. The highest BCUT2D eigenvalue weighted by atomic mass is 16.4. The van der Waals surface area contributed by atoms with Crippen LogP contribution in [0.15, 0.2) is 54.7 Å². The number of benzene rings is 1. The van der Waals surface area contributed by atoms with Crippen LogP contribution in [0.3, 0.4) is 0 Å². The van der Waals surface area contributed by atoms with E-state index in [2.05, 4.69) is 39.5 Å². The fourth-order valence-electron chi connectivity index (χ4n) is 2.92. The van der Waals surface area contributed by atoms with Gasteiger partial charge in [-0.3, -0.25) is 9.88 Å². The summed E-state index contributed by atoms with van der Waals surface area (Å²) in [6.07, 6.45) is 5.44. The van der Waals surface area contributed by atoms with Gasteiger partial charge in [-0.1, -0.05) is 30.3 Å². The third-order valence-electron chi connectivity index (χ3n) is 4.08. The van der Waals surface area contributed by atoms with Crippen molar-refractivity contribution in [1.29, 1.82) is 0 Å². The average Bonchev–Trinajstić information content (AvgIpc) is 3.02. The summed E-state index contributed by atoms with van der Waals surface area (Å²) in [4.78, 5) is 17.2. The molecule has 1 atom stereocenters. The minimum Gasteiger partial charge on any atom is -0.478 e. The Hall–Kier alpha value is -2.66. The standard InChI is InChI=1S/C19H21N3O2/c23-19(24)9-8-16-6-7-17(12-20-16)21-18-10-11-22(14-18)13-15-4-2-1-3-5-15/h1-9,12,18,21H,10-11,13-14H2,(H,23,24)/b9-8+/t18-/m1/s1. The van der Waals surface area contributed by atoms with Gasteiger partial charge in [-0.2, -0.15) is 0 Å². The Morgan fingerprint density at radius 3 is 2.83 bits per heavy atom. The summed E-state index contributed by atoms with van der Waals surface area (Å²) in [6, 6.07) is 14.7. The van der Waals surface area contributed by atoms with Gasteiger partial charge in [0.25, 0.3) is 0 Å². The molecule has 0 amide bonds. The zero-order valence-corrected chi connectivity index (χ0v) is 13.4. The van der Waals surface area contributed by atoms with E-state index in [4.69, 9.17) is 5.11 Å². The summed E-state index contributed by atoms with van der Waals surface area (Å²) >= 11 is 0. The van der Waals surface area contributed by atoms with Crippen LogP contribution in [0.2, 0.25) is 0 Å². The number of hydrogen-bond donors (Lipinski definition) is 2. The SMILES string of the molecule is O=C(O)/C=C/c1ccc(N[C@@H]2CCN(Cc3ccccc3)C2)cn1. The molecule has 0 bridgehead atoms. The van der Waals surface area contributed by atoms with Crippen molar-refractivity contribution in [3.05, 3.63) is 66.0 Å². The average molecular weight is 323 g/mol. The molecular formula is C19H21N3O2. The quantitative estimate of drug-likeness (QED) is 0.800. The first kappa shape index (κ1) is 16.2. The Balaban J connectivity index is 1.51. The van der Waals surface area contributed by atoms with Crippen molar-refractivity contribution >= 4 is 17.7 Å². The number of carboxylic acids is 1. The summed E-state index contributed by atoms with van der Waals surface area (Å²) in [5, 5.41) is 12.1. The van der Waals surface area contributed by atoms with Gasteiger partial charge in [0.05, 0.1) is 17.6 Å². The van der Waals surface area contributed by atoms with Crippen LogP contribution in [0.5, 0.6) is 0 Å². The number of aromatic nitrogens is 1. The summed E-state index contributed by atoms with van der Waals surface area (Å²) in [7, 11) is 0. The summed E-state index contributed by atoms with van der Waals surface area (Å²) in [5.74, 6) is -0.969. The van der Waals surface area contributed by atoms with Gasteiger partial charge in [0.15, 0.2) is 0 Å². The molecule has 1 saturated heterocycles. The van der Waals surface area contributed by atoms with Crippen molar-refractivity contribution in [1.82, 2.24) is 9.88 Å². The highest BCUT2D eigenvalue weighted by Gasteiger charge is 2.22. The molecule has 2 heterocycles. The molecule has 0 aliphatic carbocycles. The molecule has 1 aromatic heterocycles. The fourth-order valence-corrected chi connectivity index (χ4v) is 2.92. The smallest absolute Gasteiger partial charge is 0.328 e. The van der Waals surface area contributed by atoms with Crippen LogP contribution >= 0.6 is 0 Å². The van der Waals surface area contributed by atoms with E-state index in [0.717, 1.165) is 37.8 Å². The maximum absolute atomic E-state index is 10.5. The Bertz CT molecular complexity index is 698. The van der Waals surface area contributed by atoms with Gasteiger partial charge in [0.2, 0.25) is 0 Å². The Kier molecular flexibility index (Phi) is 5.23. The van der Waals surface area contributed by atoms with E-state index in [1.807, 2.05) is 18.2 Å². The van der Waals surface area contributed by atoms with Gasteiger partial charge in [-0.15, -0.1) is 0 Å². The molecule has 0 spiro atoms. The van der Waals surface area contributed by atoms with Crippen molar-refractivity contribution in [2.24, 2.45) is 0 Å². The van der Waals surface area contributed by atoms with Crippen molar-refractivity contribution in [2.75, 3.05) is 18.4 Å². The predicted octanol–water partition coefficient (Wildman–Crippen LogP) is 2.87. The van der Waals surface area contributed by atoms with Gasteiger partial charge in [0, 0.05) is 31.8 Å². The zero-order valence-electron chi connectivity index (χ0n) is 13.4. The third kappa shape index (κ3) is 4.67. The van der Waals surface area contributed by atoms with E-state index < -0.39 is 5.97 Å². The first-order chi connectivity index (χ1) is 11.7. The molecule has 5 heteroatoms. The van der Waals surface area contributed by atoms with Crippen LogP contribution in [-0.2, 0) is 11.3 Å². The van der Waals surface area contributed by atoms with Crippen LogP contribution in [0.25, 0.3) is 6.08 Å². The van der Waals surface area contributed by atoms with Gasteiger partial charge in [0.1, 0.15) is 0 Å². The molecule has 0 saturated carbocycles. The molecular weight excluding hydrogens is 302 g/mol. The van der Waals surface area contributed by atoms with Crippen LogP contribution in [0.1, 0.15) is 17.7 Å². The van der Waals surface area contributed by atoms with E-state index in [-0.39, 0.29) is 0 Å². The van der Waals surface area contributed by atoms with Gasteiger partial charge >= 0.3 is 5.97 Å². The molecule has 1 aromatic carbocycles. The molecule has 5 nitrogen and oxygen atoms in total.